The van der Waals surface area contributed by atoms with Gasteiger partial charge in [-0.25, -0.2) is 0 Å². The number of ether oxygens (including phenoxy) is 1. The summed E-state index contributed by atoms with van der Waals surface area (Å²) in [6, 6.07) is 3.64. The van der Waals surface area contributed by atoms with Crippen LogP contribution < -0.4 is 9.64 Å². The van der Waals surface area contributed by atoms with Crippen LogP contribution in [0.15, 0.2) is 12.1 Å². The average Bonchev–Trinajstić information content (AvgIpc) is 2.53. The number of hydrogen-bond acceptors (Lipinski definition) is 6. The molecular weight excluding hydrogens is 296 g/mol. The van der Waals surface area contributed by atoms with E-state index in [9.17, 15) is 9.59 Å². The van der Waals surface area contributed by atoms with E-state index in [1.54, 1.807) is 11.0 Å². The van der Waals surface area contributed by atoms with Crippen molar-refractivity contribution < 1.29 is 14.3 Å². The molecule has 23 heavy (non-hydrogen) atoms. The number of nitrogens with zero attached hydrogens (tertiary/aromatic N) is 4. The van der Waals surface area contributed by atoms with Crippen molar-refractivity contribution in [2.24, 2.45) is 0 Å². The summed E-state index contributed by atoms with van der Waals surface area (Å²) >= 11 is 0. The molecule has 1 atom stereocenters. The smallest absolute Gasteiger partial charge is 0.233 e. The highest BCUT2D eigenvalue weighted by Crippen LogP contribution is 2.18. The maximum atomic E-state index is 12.1. The van der Waals surface area contributed by atoms with Gasteiger partial charge in [-0.2, -0.15) is 0 Å². The van der Waals surface area contributed by atoms with Crippen LogP contribution >= 0.6 is 0 Å². The van der Waals surface area contributed by atoms with Crippen LogP contribution in [0.4, 0.5) is 5.82 Å². The van der Waals surface area contributed by atoms with Crippen LogP contribution in [0.1, 0.15) is 32.6 Å². The maximum absolute atomic E-state index is 12.1. The van der Waals surface area contributed by atoms with Gasteiger partial charge in [0.15, 0.2) is 5.82 Å². The number of ketones is 1. The van der Waals surface area contributed by atoms with Gasteiger partial charge in [-0.1, -0.05) is 0 Å². The summed E-state index contributed by atoms with van der Waals surface area (Å²) in [6.45, 7) is 2.77. The van der Waals surface area contributed by atoms with Crippen LogP contribution in [0.5, 0.6) is 5.88 Å². The molecule has 1 saturated heterocycles. The van der Waals surface area contributed by atoms with Crippen molar-refractivity contribution in [3.8, 4) is 5.88 Å². The summed E-state index contributed by atoms with van der Waals surface area (Å²) in [5.74, 6) is 1.29. The number of piperidine rings is 1. The van der Waals surface area contributed by atoms with Crippen LogP contribution in [-0.4, -0.2) is 60.1 Å². The molecule has 2 heterocycles. The second kappa shape index (κ2) is 7.89. The summed E-state index contributed by atoms with van der Waals surface area (Å²) in [6.07, 6.45) is 2.27. The van der Waals surface area contributed by atoms with Crippen LogP contribution in [0, 0.1) is 0 Å². The minimum atomic E-state index is -0.0791. The van der Waals surface area contributed by atoms with Crippen LogP contribution in [0.25, 0.3) is 0 Å². The van der Waals surface area contributed by atoms with Crippen molar-refractivity contribution >= 4 is 17.5 Å². The van der Waals surface area contributed by atoms with E-state index >= 15 is 0 Å². The number of aromatic nitrogens is 2. The number of carbonyl (C=O) groups is 2. The van der Waals surface area contributed by atoms with Gasteiger partial charge in [0, 0.05) is 39.5 Å². The van der Waals surface area contributed by atoms with E-state index in [0.717, 1.165) is 25.2 Å². The topological polar surface area (TPSA) is 75.6 Å². The fourth-order valence-electron chi connectivity index (χ4n) is 2.49. The SMILES string of the molecule is CC(=O)CCC(=O)N1CCCC(Oc2ccc(N(C)C)nn2)C1. The van der Waals surface area contributed by atoms with Gasteiger partial charge >= 0.3 is 0 Å². The molecular formula is C16H24N4O3. The molecule has 126 valence electrons. The Balaban J connectivity index is 1.88. The van der Waals surface area contributed by atoms with Gasteiger partial charge in [-0.05, 0) is 25.8 Å². The van der Waals surface area contributed by atoms with Crippen molar-refractivity contribution in [2.75, 3.05) is 32.1 Å². The number of Topliss-reactive ketones (excluding diaryl/α,β-unsaturated/α-hetero) is 1. The molecule has 0 N–H and O–H groups in total. The van der Waals surface area contributed by atoms with Crippen LogP contribution in [0.3, 0.4) is 0 Å². The van der Waals surface area contributed by atoms with Crippen molar-refractivity contribution in [1.29, 1.82) is 0 Å². The summed E-state index contributed by atoms with van der Waals surface area (Å²) in [7, 11) is 3.80. The summed E-state index contributed by atoms with van der Waals surface area (Å²) in [5.41, 5.74) is 0. The van der Waals surface area contributed by atoms with Gasteiger partial charge in [0.25, 0.3) is 0 Å². The lowest BCUT2D eigenvalue weighted by atomic mass is 10.1. The first-order valence-electron chi connectivity index (χ1n) is 7.90. The highest BCUT2D eigenvalue weighted by molar-refractivity contribution is 5.83. The molecule has 1 aliphatic rings. The van der Waals surface area contributed by atoms with Gasteiger partial charge in [0.1, 0.15) is 11.9 Å². The third-order valence-corrected chi connectivity index (χ3v) is 3.79. The van der Waals surface area contributed by atoms with E-state index in [0.29, 0.717) is 18.8 Å². The fourth-order valence-corrected chi connectivity index (χ4v) is 2.49. The number of anilines is 1. The minimum absolute atomic E-state index is 0.0162. The lowest BCUT2D eigenvalue weighted by molar-refractivity contribution is -0.135. The molecule has 1 amide bonds. The van der Waals surface area contributed by atoms with E-state index in [4.69, 9.17) is 4.74 Å². The quantitative estimate of drug-likeness (QED) is 0.786. The van der Waals surface area contributed by atoms with Crippen molar-refractivity contribution in [2.45, 2.75) is 38.7 Å². The zero-order valence-electron chi connectivity index (χ0n) is 14.0. The Hall–Kier alpha value is -2.18. The van der Waals surface area contributed by atoms with Gasteiger partial charge in [0.05, 0.1) is 6.54 Å². The van der Waals surface area contributed by atoms with E-state index in [1.165, 1.54) is 6.92 Å². The first-order valence-corrected chi connectivity index (χ1v) is 7.90. The normalized spacial score (nSPS) is 17.7. The monoisotopic (exact) mass is 320 g/mol. The van der Waals surface area contributed by atoms with Gasteiger partial charge in [-0.3, -0.25) is 4.79 Å². The second-order valence-electron chi connectivity index (χ2n) is 6.05. The predicted molar refractivity (Wildman–Crippen MR) is 86.5 cm³/mol. The molecule has 1 aliphatic heterocycles. The molecule has 7 heteroatoms. The molecule has 0 aliphatic carbocycles. The highest BCUT2D eigenvalue weighted by atomic mass is 16.5. The zero-order valence-corrected chi connectivity index (χ0v) is 14.0. The first kappa shape index (κ1) is 17.2. The van der Waals surface area contributed by atoms with Gasteiger partial charge < -0.3 is 19.3 Å². The van der Waals surface area contributed by atoms with E-state index in [1.807, 2.05) is 25.1 Å². The van der Waals surface area contributed by atoms with Crippen molar-refractivity contribution in [1.82, 2.24) is 15.1 Å². The molecule has 1 aromatic heterocycles. The Morgan fingerprint density at radius 2 is 2.09 bits per heavy atom. The molecule has 0 saturated carbocycles. The second-order valence-corrected chi connectivity index (χ2v) is 6.05. The maximum Gasteiger partial charge on any atom is 0.233 e. The third-order valence-electron chi connectivity index (χ3n) is 3.79. The Morgan fingerprint density at radius 3 is 2.70 bits per heavy atom. The Bertz CT molecular complexity index is 545. The molecule has 1 fully saturated rings. The third kappa shape index (κ3) is 5.19. The van der Waals surface area contributed by atoms with Crippen molar-refractivity contribution in [3.05, 3.63) is 12.1 Å². The molecule has 1 unspecified atom stereocenters. The summed E-state index contributed by atoms with van der Waals surface area (Å²) < 4.78 is 5.84. The Labute approximate surface area is 136 Å². The van der Waals surface area contributed by atoms with Crippen LogP contribution in [-0.2, 0) is 9.59 Å². The Morgan fingerprint density at radius 1 is 1.30 bits per heavy atom. The molecule has 0 spiro atoms. The molecule has 0 radical (unpaired) electrons. The molecule has 7 nitrogen and oxygen atoms in total. The number of carbonyl (C=O) groups excluding carboxylic acids is 2. The summed E-state index contributed by atoms with van der Waals surface area (Å²) in [5, 5.41) is 8.14. The molecule has 1 aromatic rings. The minimum Gasteiger partial charge on any atom is -0.471 e. The highest BCUT2D eigenvalue weighted by Gasteiger charge is 2.25. The number of amides is 1. The van der Waals surface area contributed by atoms with E-state index < -0.39 is 0 Å². The lowest BCUT2D eigenvalue weighted by Gasteiger charge is -2.32. The first-order chi connectivity index (χ1) is 11.0. The molecule has 2 rings (SSSR count). The van der Waals surface area contributed by atoms with E-state index in [2.05, 4.69) is 10.2 Å². The molecule has 0 bridgehead atoms. The number of likely N-dealkylation sites (tertiary alicyclic amines) is 1. The lowest BCUT2D eigenvalue weighted by Crippen LogP contribution is -2.44. The molecule has 0 aromatic carbocycles. The van der Waals surface area contributed by atoms with Crippen LogP contribution in [0.2, 0.25) is 0 Å². The summed E-state index contributed by atoms with van der Waals surface area (Å²) in [4.78, 5) is 26.7. The number of hydrogen-bond donors (Lipinski definition) is 0. The standard InChI is InChI=1S/C16H24N4O3/c1-12(21)6-9-16(22)20-10-4-5-13(11-20)23-15-8-7-14(17-18-15)19(2)3/h7-8,13H,4-6,9-11H2,1-3H3. The zero-order chi connectivity index (χ0) is 16.8. The predicted octanol–water partition coefficient (Wildman–Crippen LogP) is 1.28. The largest absolute Gasteiger partial charge is 0.471 e. The van der Waals surface area contributed by atoms with Gasteiger partial charge in [-0.15, -0.1) is 10.2 Å². The number of rotatable bonds is 6. The van der Waals surface area contributed by atoms with Crippen molar-refractivity contribution in [3.63, 3.8) is 0 Å². The fraction of sp³-hybridized carbons (Fsp3) is 0.625. The Kier molecular flexibility index (Phi) is 5.90. The van der Waals surface area contributed by atoms with E-state index in [-0.39, 0.29) is 24.2 Å². The average molecular weight is 320 g/mol. The van der Waals surface area contributed by atoms with Gasteiger partial charge in [0.2, 0.25) is 11.8 Å².